The molecule has 3 nitrogen and oxygen atoms in total. The second-order valence-electron chi connectivity index (χ2n) is 6.32. The molecule has 0 spiro atoms. The summed E-state index contributed by atoms with van der Waals surface area (Å²) in [7, 11) is -3.54. The predicted octanol–water partition coefficient (Wildman–Crippen LogP) is 5.30. The normalized spacial score (nSPS) is 12.5. The van der Waals surface area contributed by atoms with Gasteiger partial charge in [0.1, 0.15) is 0 Å². The number of carbonyl (C=O) groups is 1. The van der Waals surface area contributed by atoms with Crippen LogP contribution in [0, 0.1) is 0 Å². The summed E-state index contributed by atoms with van der Waals surface area (Å²) < 4.78 is 25.6. The summed E-state index contributed by atoms with van der Waals surface area (Å²) in [6.07, 6.45) is 0.212. The van der Waals surface area contributed by atoms with Crippen molar-refractivity contribution < 1.29 is 13.2 Å². The van der Waals surface area contributed by atoms with Crippen LogP contribution in [-0.4, -0.2) is 14.2 Å². The first-order valence-corrected chi connectivity index (χ1v) is 10.5. The summed E-state index contributed by atoms with van der Waals surface area (Å²) in [6, 6.07) is 22.5. The summed E-state index contributed by atoms with van der Waals surface area (Å²) in [5.41, 5.74) is 1.91. The van der Waals surface area contributed by atoms with Crippen molar-refractivity contribution in [2.24, 2.45) is 0 Å². The van der Waals surface area contributed by atoms with Crippen molar-refractivity contribution in [2.75, 3.05) is 0 Å². The molecular formula is C22H19ClO3S. The van der Waals surface area contributed by atoms with Crippen molar-refractivity contribution in [1.82, 2.24) is 0 Å². The van der Waals surface area contributed by atoms with E-state index >= 15 is 0 Å². The van der Waals surface area contributed by atoms with Crippen molar-refractivity contribution >= 4 is 27.2 Å². The molecule has 1 atom stereocenters. The number of rotatable bonds is 6. The second-order valence-corrected chi connectivity index (χ2v) is 9.00. The smallest absolute Gasteiger partial charge is 0.185 e. The number of halogens is 1. The van der Waals surface area contributed by atoms with E-state index < -0.39 is 15.1 Å². The van der Waals surface area contributed by atoms with Crippen LogP contribution in [-0.2, 0) is 16.3 Å². The third-order valence-corrected chi connectivity index (χ3v) is 6.94. The van der Waals surface area contributed by atoms with Gasteiger partial charge in [-0.2, -0.15) is 0 Å². The molecule has 0 heterocycles. The van der Waals surface area contributed by atoms with Crippen LogP contribution in [0.2, 0.25) is 5.02 Å². The minimum absolute atomic E-state index is 0.00984. The van der Waals surface area contributed by atoms with Crippen molar-refractivity contribution in [3.63, 3.8) is 0 Å². The van der Waals surface area contributed by atoms with Crippen LogP contribution < -0.4 is 0 Å². The monoisotopic (exact) mass is 398 g/mol. The largest absolute Gasteiger partial charge is 0.294 e. The first kappa shape index (κ1) is 19.3. The highest BCUT2D eigenvalue weighted by molar-refractivity contribution is 7.91. The number of sulfone groups is 1. The standard InChI is InChI=1S/C22H19ClO3S/c1-16(27(25,26)19-10-6-3-7-11-19)20-13-12-17(14-21(20)23)15-22(24)18-8-4-2-5-9-18/h2-14,16H,15H2,1H3. The number of hydrogen-bond donors (Lipinski definition) is 0. The fraction of sp³-hybridized carbons (Fsp3) is 0.136. The van der Waals surface area contributed by atoms with Gasteiger partial charge in [-0.25, -0.2) is 8.42 Å². The Morgan fingerprint density at radius 2 is 1.52 bits per heavy atom. The first-order chi connectivity index (χ1) is 12.9. The van der Waals surface area contributed by atoms with Crippen molar-refractivity contribution in [2.45, 2.75) is 23.5 Å². The van der Waals surface area contributed by atoms with E-state index in [1.54, 1.807) is 67.6 Å². The number of benzene rings is 3. The molecule has 0 bridgehead atoms. The van der Waals surface area contributed by atoms with Crippen LogP contribution in [0.1, 0.15) is 33.7 Å². The molecule has 5 heteroatoms. The van der Waals surface area contributed by atoms with Gasteiger partial charge in [-0.1, -0.05) is 72.3 Å². The topological polar surface area (TPSA) is 51.2 Å². The van der Waals surface area contributed by atoms with Crippen molar-refractivity contribution in [1.29, 1.82) is 0 Å². The highest BCUT2D eigenvalue weighted by Crippen LogP contribution is 2.33. The molecule has 3 aromatic carbocycles. The van der Waals surface area contributed by atoms with Crippen LogP contribution in [0.25, 0.3) is 0 Å². The SMILES string of the molecule is CC(c1ccc(CC(=O)c2ccccc2)cc1Cl)S(=O)(=O)c1ccccc1. The Morgan fingerprint density at radius 3 is 2.11 bits per heavy atom. The van der Waals surface area contributed by atoms with Gasteiger partial charge in [-0.05, 0) is 36.2 Å². The molecule has 0 aliphatic rings. The number of Topliss-reactive ketones (excluding diaryl/α,β-unsaturated/α-hetero) is 1. The Labute approximate surface area is 164 Å². The van der Waals surface area contributed by atoms with Gasteiger partial charge < -0.3 is 0 Å². The molecule has 0 radical (unpaired) electrons. The first-order valence-electron chi connectivity index (χ1n) is 8.55. The van der Waals surface area contributed by atoms with E-state index in [1.807, 2.05) is 18.2 Å². The third-order valence-electron chi connectivity index (χ3n) is 4.50. The van der Waals surface area contributed by atoms with E-state index in [4.69, 9.17) is 11.6 Å². The van der Waals surface area contributed by atoms with Crippen LogP contribution in [0.4, 0.5) is 0 Å². The van der Waals surface area contributed by atoms with Gasteiger partial charge >= 0.3 is 0 Å². The lowest BCUT2D eigenvalue weighted by atomic mass is 10.0. The molecule has 1 unspecified atom stereocenters. The molecule has 0 aliphatic carbocycles. The van der Waals surface area contributed by atoms with Gasteiger partial charge in [0.05, 0.1) is 10.1 Å². The molecule has 3 rings (SSSR count). The molecule has 0 saturated heterocycles. The number of ketones is 1. The summed E-state index contributed by atoms with van der Waals surface area (Å²) in [5.74, 6) is -0.00984. The fourth-order valence-corrected chi connectivity index (χ4v) is 4.82. The average Bonchev–Trinajstić information content (AvgIpc) is 2.69. The maximum atomic E-state index is 12.8. The highest BCUT2D eigenvalue weighted by Gasteiger charge is 2.26. The minimum Gasteiger partial charge on any atom is -0.294 e. The van der Waals surface area contributed by atoms with E-state index in [-0.39, 0.29) is 17.1 Å². The highest BCUT2D eigenvalue weighted by atomic mass is 35.5. The molecule has 0 amide bonds. The molecule has 0 aliphatic heterocycles. The third kappa shape index (κ3) is 4.29. The molecule has 27 heavy (non-hydrogen) atoms. The molecular weight excluding hydrogens is 380 g/mol. The second kappa shape index (κ2) is 8.07. The summed E-state index contributed by atoms with van der Waals surface area (Å²) in [5, 5.41) is -0.438. The Morgan fingerprint density at radius 1 is 0.926 bits per heavy atom. The van der Waals surface area contributed by atoms with Gasteiger partial charge in [0.15, 0.2) is 15.6 Å². The van der Waals surface area contributed by atoms with Crippen molar-refractivity contribution in [3.8, 4) is 0 Å². The molecule has 138 valence electrons. The maximum absolute atomic E-state index is 12.8. The molecule has 3 aromatic rings. The summed E-state index contributed by atoms with van der Waals surface area (Å²) in [6.45, 7) is 1.62. The predicted molar refractivity (Wildman–Crippen MR) is 108 cm³/mol. The molecule has 0 fully saturated rings. The Bertz CT molecular complexity index is 1050. The Balaban J connectivity index is 1.84. The van der Waals surface area contributed by atoms with E-state index in [0.29, 0.717) is 16.1 Å². The van der Waals surface area contributed by atoms with Gasteiger partial charge in [0.2, 0.25) is 0 Å². The van der Waals surface area contributed by atoms with Crippen LogP contribution in [0.5, 0.6) is 0 Å². The van der Waals surface area contributed by atoms with Gasteiger partial charge in [0.25, 0.3) is 0 Å². The van der Waals surface area contributed by atoms with Crippen molar-refractivity contribution in [3.05, 3.63) is 101 Å². The van der Waals surface area contributed by atoms with E-state index in [1.165, 1.54) is 0 Å². The average molecular weight is 399 g/mol. The molecule has 0 aromatic heterocycles. The van der Waals surface area contributed by atoms with E-state index in [2.05, 4.69) is 0 Å². The zero-order valence-corrected chi connectivity index (χ0v) is 16.4. The zero-order valence-electron chi connectivity index (χ0n) is 14.8. The van der Waals surface area contributed by atoms with E-state index in [9.17, 15) is 13.2 Å². The Hall–Kier alpha value is -2.43. The van der Waals surface area contributed by atoms with Gasteiger partial charge in [-0.15, -0.1) is 0 Å². The lowest BCUT2D eigenvalue weighted by Gasteiger charge is -2.16. The lowest BCUT2D eigenvalue weighted by molar-refractivity contribution is 0.0993. The van der Waals surface area contributed by atoms with Gasteiger partial charge in [0, 0.05) is 17.0 Å². The van der Waals surface area contributed by atoms with Crippen LogP contribution >= 0.6 is 11.6 Å². The van der Waals surface area contributed by atoms with Gasteiger partial charge in [-0.3, -0.25) is 4.79 Å². The molecule has 0 saturated carbocycles. The fourth-order valence-electron chi connectivity index (χ4n) is 2.90. The van der Waals surface area contributed by atoms with E-state index in [0.717, 1.165) is 5.56 Å². The lowest BCUT2D eigenvalue weighted by Crippen LogP contribution is -2.11. The quantitative estimate of drug-likeness (QED) is 0.529. The Kier molecular flexibility index (Phi) is 5.78. The van der Waals surface area contributed by atoms with Crippen LogP contribution in [0.3, 0.4) is 0 Å². The summed E-state index contributed by atoms with van der Waals surface area (Å²) >= 11 is 6.37. The zero-order chi connectivity index (χ0) is 19.4. The number of carbonyl (C=O) groups excluding carboxylic acids is 1. The maximum Gasteiger partial charge on any atom is 0.185 e. The molecule has 0 N–H and O–H groups in total. The minimum atomic E-state index is -3.54. The number of hydrogen-bond acceptors (Lipinski definition) is 3. The van der Waals surface area contributed by atoms with Crippen LogP contribution in [0.15, 0.2) is 83.8 Å². The summed E-state index contributed by atoms with van der Waals surface area (Å²) in [4.78, 5) is 12.6.